The number of carbonyl (C=O) groups excluding carboxylic acids is 1. The fraction of sp³-hybridized carbons (Fsp3) is 0.250. The van der Waals surface area contributed by atoms with Crippen LogP contribution in [-0.2, 0) is 4.79 Å². The van der Waals surface area contributed by atoms with Crippen LogP contribution in [0.2, 0.25) is 0 Å². The molecule has 0 saturated carbocycles. The number of para-hydroxylation sites is 2. The fourth-order valence-electron chi connectivity index (χ4n) is 1.19. The van der Waals surface area contributed by atoms with Crippen molar-refractivity contribution in [1.29, 1.82) is 0 Å². The molecule has 1 aromatic carbocycles. The van der Waals surface area contributed by atoms with Crippen LogP contribution in [0.5, 0.6) is 0 Å². The minimum atomic E-state index is -0.0579. The number of benzene rings is 1. The van der Waals surface area contributed by atoms with Gasteiger partial charge >= 0.3 is 0 Å². The van der Waals surface area contributed by atoms with Gasteiger partial charge in [-0.1, -0.05) is 26.0 Å². The lowest BCUT2D eigenvalue weighted by Crippen LogP contribution is -2.10. The number of carbonyl (C=O) groups is 1. The molecule has 0 atom stereocenters. The standard InChI is InChI=1S/C10H10N2O.C2H6/c1-7-6-11-8-4-2-3-5-9(8)12-10(7)13;1-2/h2-6,11H,1H3,(H,12,13);1-2H3. The van der Waals surface area contributed by atoms with Gasteiger partial charge in [0.05, 0.1) is 11.4 Å². The molecule has 1 amide bonds. The molecule has 0 fully saturated rings. The van der Waals surface area contributed by atoms with Crippen molar-refractivity contribution in [3.8, 4) is 0 Å². The Morgan fingerprint density at radius 3 is 2.33 bits per heavy atom. The maximum Gasteiger partial charge on any atom is 0.252 e. The molecule has 0 bridgehead atoms. The second-order valence-electron chi connectivity index (χ2n) is 2.97. The lowest BCUT2D eigenvalue weighted by molar-refractivity contribution is -0.112. The molecular formula is C12H16N2O. The van der Waals surface area contributed by atoms with Gasteiger partial charge in [-0.05, 0) is 19.1 Å². The molecule has 3 heteroatoms. The molecule has 1 aliphatic heterocycles. The van der Waals surface area contributed by atoms with Crippen molar-refractivity contribution in [2.75, 3.05) is 10.6 Å². The molecule has 2 rings (SSSR count). The molecular weight excluding hydrogens is 188 g/mol. The van der Waals surface area contributed by atoms with Crippen LogP contribution in [0.4, 0.5) is 11.4 Å². The Labute approximate surface area is 90.2 Å². The van der Waals surface area contributed by atoms with Crippen molar-refractivity contribution < 1.29 is 4.79 Å². The maximum absolute atomic E-state index is 11.4. The summed E-state index contributed by atoms with van der Waals surface area (Å²) in [6.45, 7) is 5.77. The van der Waals surface area contributed by atoms with Crippen molar-refractivity contribution in [2.24, 2.45) is 0 Å². The molecule has 80 valence electrons. The van der Waals surface area contributed by atoms with E-state index in [0.717, 1.165) is 11.4 Å². The second kappa shape index (κ2) is 5.20. The molecule has 3 nitrogen and oxygen atoms in total. The maximum atomic E-state index is 11.4. The van der Waals surface area contributed by atoms with Crippen LogP contribution in [0.3, 0.4) is 0 Å². The summed E-state index contributed by atoms with van der Waals surface area (Å²) in [5.41, 5.74) is 2.42. The van der Waals surface area contributed by atoms with Gasteiger partial charge < -0.3 is 10.6 Å². The SMILES string of the molecule is CC.CC1=CNc2ccccc2NC1=O. The highest BCUT2D eigenvalue weighted by Gasteiger charge is 2.10. The van der Waals surface area contributed by atoms with E-state index in [1.54, 1.807) is 13.1 Å². The third-order valence-electron chi connectivity index (χ3n) is 1.98. The normalized spacial score (nSPS) is 13.3. The topological polar surface area (TPSA) is 41.1 Å². The number of fused-ring (bicyclic) bond motifs is 1. The Morgan fingerprint density at radius 2 is 1.67 bits per heavy atom. The molecule has 0 spiro atoms. The van der Waals surface area contributed by atoms with Crippen LogP contribution in [0, 0.1) is 0 Å². The number of hydrogen-bond donors (Lipinski definition) is 2. The molecule has 0 radical (unpaired) electrons. The Bertz CT molecular complexity index is 383. The Balaban J connectivity index is 0.000000531. The Kier molecular flexibility index (Phi) is 3.92. The summed E-state index contributed by atoms with van der Waals surface area (Å²) < 4.78 is 0. The Hall–Kier alpha value is -1.77. The van der Waals surface area contributed by atoms with E-state index in [1.807, 2.05) is 38.1 Å². The van der Waals surface area contributed by atoms with E-state index in [-0.39, 0.29) is 5.91 Å². The molecule has 2 N–H and O–H groups in total. The third-order valence-corrected chi connectivity index (χ3v) is 1.98. The van der Waals surface area contributed by atoms with E-state index in [2.05, 4.69) is 10.6 Å². The lowest BCUT2D eigenvalue weighted by atomic mass is 10.2. The van der Waals surface area contributed by atoms with Gasteiger partial charge in [0.15, 0.2) is 0 Å². The summed E-state index contributed by atoms with van der Waals surface area (Å²) in [6, 6.07) is 7.60. The van der Waals surface area contributed by atoms with Gasteiger partial charge in [0.1, 0.15) is 0 Å². The van der Waals surface area contributed by atoms with Gasteiger partial charge in [0.25, 0.3) is 5.91 Å². The van der Waals surface area contributed by atoms with Crippen molar-refractivity contribution in [2.45, 2.75) is 20.8 Å². The van der Waals surface area contributed by atoms with Gasteiger partial charge in [-0.2, -0.15) is 0 Å². The average molecular weight is 204 g/mol. The highest BCUT2D eigenvalue weighted by molar-refractivity contribution is 6.06. The van der Waals surface area contributed by atoms with Crippen molar-refractivity contribution in [1.82, 2.24) is 0 Å². The van der Waals surface area contributed by atoms with Gasteiger partial charge in [0, 0.05) is 11.8 Å². The first-order valence-electron chi connectivity index (χ1n) is 5.11. The van der Waals surface area contributed by atoms with Gasteiger partial charge in [0.2, 0.25) is 0 Å². The molecule has 1 heterocycles. The largest absolute Gasteiger partial charge is 0.360 e. The smallest absolute Gasteiger partial charge is 0.252 e. The molecule has 1 aromatic rings. The van der Waals surface area contributed by atoms with Gasteiger partial charge in [-0.3, -0.25) is 4.79 Å². The predicted octanol–water partition coefficient (Wildman–Crippen LogP) is 2.98. The molecule has 15 heavy (non-hydrogen) atoms. The molecule has 0 aliphatic carbocycles. The number of hydrogen-bond acceptors (Lipinski definition) is 2. The summed E-state index contributed by atoms with van der Waals surface area (Å²) in [5.74, 6) is -0.0579. The second-order valence-corrected chi connectivity index (χ2v) is 2.97. The van der Waals surface area contributed by atoms with Crippen LogP contribution < -0.4 is 10.6 Å². The summed E-state index contributed by atoms with van der Waals surface area (Å²) in [7, 11) is 0. The number of anilines is 2. The number of amides is 1. The Morgan fingerprint density at radius 1 is 1.07 bits per heavy atom. The van der Waals surface area contributed by atoms with E-state index in [0.29, 0.717) is 5.57 Å². The van der Waals surface area contributed by atoms with Crippen molar-refractivity contribution in [3.05, 3.63) is 36.0 Å². The van der Waals surface area contributed by atoms with Crippen LogP contribution in [0.15, 0.2) is 36.0 Å². The summed E-state index contributed by atoms with van der Waals surface area (Å²) in [6.07, 6.45) is 1.71. The minimum absolute atomic E-state index is 0.0579. The lowest BCUT2D eigenvalue weighted by Gasteiger charge is -2.05. The quantitative estimate of drug-likeness (QED) is 0.682. The summed E-state index contributed by atoms with van der Waals surface area (Å²) in [5, 5.41) is 5.86. The first-order chi connectivity index (χ1) is 7.27. The molecule has 0 aromatic heterocycles. The monoisotopic (exact) mass is 204 g/mol. The number of rotatable bonds is 0. The van der Waals surface area contributed by atoms with E-state index in [4.69, 9.17) is 0 Å². The van der Waals surface area contributed by atoms with E-state index in [1.165, 1.54) is 0 Å². The van der Waals surface area contributed by atoms with Crippen molar-refractivity contribution >= 4 is 17.3 Å². The number of nitrogens with one attached hydrogen (secondary N) is 2. The van der Waals surface area contributed by atoms with E-state index >= 15 is 0 Å². The first-order valence-corrected chi connectivity index (χ1v) is 5.11. The minimum Gasteiger partial charge on any atom is -0.360 e. The zero-order valence-electron chi connectivity index (χ0n) is 9.29. The van der Waals surface area contributed by atoms with E-state index < -0.39 is 0 Å². The molecule has 1 aliphatic rings. The highest BCUT2D eigenvalue weighted by Crippen LogP contribution is 2.23. The van der Waals surface area contributed by atoms with Gasteiger partial charge in [-0.25, -0.2) is 0 Å². The molecule has 0 unspecified atom stereocenters. The average Bonchev–Trinajstić information content (AvgIpc) is 2.43. The summed E-state index contributed by atoms with van der Waals surface area (Å²) in [4.78, 5) is 11.4. The van der Waals surface area contributed by atoms with Gasteiger partial charge in [-0.15, -0.1) is 0 Å². The molecule has 0 saturated heterocycles. The predicted molar refractivity (Wildman–Crippen MR) is 63.8 cm³/mol. The van der Waals surface area contributed by atoms with Crippen LogP contribution in [0.25, 0.3) is 0 Å². The van der Waals surface area contributed by atoms with E-state index in [9.17, 15) is 4.79 Å². The fourth-order valence-corrected chi connectivity index (χ4v) is 1.19. The van der Waals surface area contributed by atoms with Crippen molar-refractivity contribution in [3.63, 3.8) is 0 Å². The zero-order valence-corrected chi connectivity index (χ0v) is 9.29. The third kappa shape index (κ3) is 2.59. The van der Waals surface area contributed by atoms with Crippen LogP contribution in [-0.4, -0.2) is 5.91 Å². The van der Waals surface area contributed by atoms with Crippen LogP contribution in [0.1, 0.15) is 20.8 Å². The van der Waals surface area contributed by atoms with Crippen LogP contribution >= 0.6 is 0 Å². The highest BCUT2D eigenvalue weighted by atomic mass is 16.1. The first kappa shape index (κ1) is 11.3. The zero-order chi connectivity index (χ0) is 11.3. The summed E-state index contributed by atoms with van der Waals surface area (Å²) >= 11 is 0.